The molecule has 0 saturated carbocycles. The maximum atomic E-state index is 13.8. The lowest BCUT2D eigenvalue weighted by atomic mass is 10.1. The molecule has 1 atom stereocenters. The molecule has 0 bridgehead atoms. The normalized spacial score (nSPS) is 18.3. The molecule has 1 fully saturated rings. The van der Waals surface area contributed by atoms with Crippen molar-refractivity contribution >= 4 is 39.5 Å². The van der Waals surface area contributed by atoms with Crippen molar-refractivity contribution in [3.05, 3.63) is 33.0 Å². The van der Waals surface area contributed by atoms with E-state index in [-0.39, 0.29) is 22.5 Å². The summed E-state index contributed by atoms with van der Waals surface area (Å²) in [5.41, 5.74) is -0.355. The van der Waals surface area contributed by atoms with E-state index < -0.39 is 17.5 Å². The van der Waals surface area contributed by atoms with Gasteiger partial charge >= 0.3 is 6.09 Å². The predicted molar refractivity (Wildman–Crippen MR) is 97.4 cm³/mol. The lowest BCUT2D eigenvalue weighted by molar-refractivity contribution is 0.00616. The summed E-state index contributed by atoms with van der Waals surface area (Å²) in [5.74, 6) is -0.952. The molecular formula is C17H21BrClFN2O3. The molecule has 2 rings (SSSR count). The highest BCUT2D eigenvalue weighted by Crippen LogP contribution is 2.28. The van der Waals surface area contributed by atoms with E-state index in [1.165, 1.54) is 6.07 Å². The zero-order chi connectivity index (χ0) is 18.9. The molecule has 1 heterocycles. The van der Waals surface area contributed by atoms with Crippen LogP contribution in [0.4, 0.5) is 9.18 Å². The quantitative estimate of drug-likeness (QED) is 0.617. The predicted octanol–water partition coefficient (Wildman–Crippen LogP) is 4.32. The Balaban J connectivity index is 2.08. The summed E-state index contributed by atoms with van der Waals surface area (Å²) in [6.45, 7) is 8.33. The molecule has 1 aromatic carbocycles. The standard InChI is InChI=1S/C17H21BrClFN2O3/c1-10-9-21(16(24)25-17(2,3)4)5-6-22(10)15(23)11-7-12(18)14(19)13(20)8-11/h7-8,10H,5-6,9H2,1-4H3. The van der Waals surface area contributed by atoms with Crippen molar-refractivity contribution in [3.63, 3.8) is 0 Å². The van der Waals surface area contributed by atoms with Gasteiger partial charge < -0.3 is 14.5 Å². The van der Waals surface area contributed by atoms with Gasteiger partial charge in [0.2, 0.25) is 0 Å². The zero-order valence-electron chi connectivity index (χ0n) is 14.6. The number of hydrogen-bond acceptors (Lipinski definition) is 3. The minimum Gasteiger partial charge on any atom is -0.444 e. The molecule has 0 aliphatic carbocycles. The van der Waals surface area contributed by atoms with E-state index in [9.17, 15) is 14.0 Å². The number of rotatable bonds is 1. The van der Waals surface area contributed by atoms with Gasteiger partial charge in [0.05, 0.1) is 5.02 Å². The molecule has 1 saturated heterocycles. The molecule has 1 unspecified atom stereocenters. The van der Waals surface area contributed by atoms with Gasteiger partial charge in [-0.2, -0.15) is 0 Å². The Morgan fingerprint density at radius 1 is 1.32 bits per heavy atom. The molecule has 0 N–H and O–H groups in total. The average molecular weight is 436 g/mol. The third-order valence-corrected chi connectivity index (χ3v) is 5.01. The fraction of sp³-hybridized carbons (Fsp3) is 0.529. The summed E-state index contributed by atoms with van der Waals surface area (Å²) in [6, 6.07) is 2.41. The lowest BCUT2D eigenvalue weighted by Gasteiger charge is -2.40. The van der Waals surface area contributed by atoms with Crippen molar-refractivity contribution < 1.29 is 18.7 Å². The summed E-state index contributed by atoms with van der Waals surface area (Å²) in [4.78, 5) is 28.1. The van der Waals surface area contributed by atoms with Crippen molar-refractivity contribution in [1.29, 1.82) is 0 Å². The van der Waals surface area contributed by atoms with Crippen molar-refractivity contribution in [1.82, 2.24) is 9.80 Å². The third kappa shape index (κ3) is 4.85. The van der Waals surface area contributed by atoms with Crippen molar-refractivity contribution in [2.75, 3.05) is 19.6 Å². The maximum Gasteiger partial charge on any atom is 0.410 e. The second-order valence-electron chi connectivity index (χ2n) is 7.03. The molecule has 1 aliphatic heterocycles. The van der Waals surface area contributed by atoms with E-state index in [0.717, 1.165) is 6.07 Å². The second-order valence-corrected chi connectivity index (χ2v) is 8.26. The molecule has 0 radical (unpaired) electrons. The van der Waals surface area contributed by atoms with Crippen LogP contribution in [-0.2, 0) is 4.74 Å². The van der Waals surface area contributed by atoms with Crippen LogP contribution in [0.3, 0.4) is 0 Å². The summed E-state index contributed by atoms with van der Waals surface area (Å²) in [6.07, 6.45) is -0.397. The minimum atomic E-state index is -0.653. The van der Waals surface area contributed by atoms with Gasteiger partial charge in [-0.15, -0.1) is 0 Å². The van der Waals surface area contributed by atoms with Crippen LogP contribution in [0.25, 0.3) is 0 Å². The van der Waals surface area contributed by atoms with E-state index >= 15 is 0 Å². The molecular weight excluding hydrogens is 415 g/mol. The van der Waals surface area contributed by atoms with Gasteiger partial charge in [0.1, 0.15) is 11.4 Å². The van der Waals surface area contributed by atoms with Crippen LogP contribution in [0, 0.1) is 5.82 Å². The van der Waals surface area contributed by atoms with Crippen LogP contribution in [0.1, 0.15) is 38.1 Å². The molecule has 5 nitrogen and oxygen atoms in total. The summed E-state index contributed by atoms with van der Waals surface area (Å²) in [5, 5.41) is -0.0562. The largest absolute Gasteiger partial charge is 0.444 e. The van der Waals surface area contributed by atoms with Crippen molar-refractivity contribution in [2.45, 2.75) is 39.3 Å². The Bertz CT molecular complexity index is 670. The van der Waals surface area contributed by atoms with Crippen LogP contribution in [0.5, 0.6) is 0 Å². The Morgan fingerprint density at radius 2 is 1.96 bits per heavy atom. The van der Waals surface area contributed by atoms with Gasteiger partial charge in [0.25, 0.3) is 5.91 Å². The smallest absolute Gasteiger partial charge is 0.410 e. The fourth-order valence-electron chi connectivity index (χ4n) is 2.60. The number of halogens is 3. The zero-order valence-corrected chi connectivity index (χ0v) is 16.9. The van der Waals surface area contributed by atoms with Gasteiger partial charge in [-0.05, 0) is 55.8 Å². The number of hydrogen-bond donors (Lipinski definition) is 0. The highest BCUT2D eigenvalue weighted by Gasteiger charge is 2.32. The lowest BCUT2D eigenvalue weighted by Crippen LogP contribution is -2.56. The van der Waals surface area contributed by atoms with E-state index in [0.29, 0.717) is 24.1 Å². The van der Waals surface area contributed by atoms with Crippen LogP contribution in [-0.4, -0.2) is 53.1 Å². The molecule has 25 heavy (non-hydrogen) atoms. The van der Waals surface area contributed by atoms with Gasteiger partial charge in [-0.25, -0.2) is 9.18 Å². The number of carbonyl (C=O) groups is 2. The van der Waals surface area contributed by atoms with Crippen LogP contribution in [0.2, 0.25) is 5.02 Å². The number of piperazine rings is 1. The average Bonchev–Trinajstić information content (AvgIpc) is 2.49. The molecule has 0 aromatic heterocycles. The third-order valence-electron chi connectivity index (χ3n) is 3.77. The molecule has 8 heteroatoms. The summed E-state index contributed by atoms with van der Waals surface area (Å²) < 4.78 is 19.5. The fourth-order valence-corrected chi connectivity index (χ4v) is 3.14. The Labute approximate surface area is 160 Å². The number of ether oxygens (including phenoxy) is 1. The maximum absolute atomic E-state index is 13.8. The van der Waals surface area contributed by atoms with E-state index in [1.807, 2.05) is 6.92 Å². The number of benzene rings is 1. The number of nitrogens with zero attached hydrogens (tertiary/aromatic N) is 2. The minimum absolute atomic E-state index is 0.0562. The molecule has 1 aliphatic rings. The van der Waals surface area contributed by atoms with E-state index in [1.54, 1.807) is 30.6 Å². The Morgan fingerprint density at radius 3 is 2.48 bits per heavy atom. The van der Waals surface area contributed by atoms with Gasteiger partial charge in [0.15, 0.2) is 0 Å². The van der Waals surface area contributed by atoms with Gasteiger partial charge in [-0.1, -0.05) is 11.6 Å². The van der Waals surface area contributed by atoms with Crippen LogP contribution in [0.15, 0.2) is 16.6 Å². The Kier molecular flexibility index (Phi) is 5.99. The van der Waals surface area contributed by atoms with E-state index in [2.05, 4.69) is 15.9 Å². The topological polar surface area (TPSA) is 49.9 Å². The SMILES string of the molecule is CC1CN(C(=O)OC(C)(C)C)CCN1C(=O)c1cc(F)c(Cl)c(Br)c1. The first-order valence-corrected chi connectivity index (χ1v) is 9.10. The highest BCUT2D eigenvalue weighted by atomic mass is 79.9. The molecule has 1 aromatic rings. The first-order valence-electron chi connectivity index (χ1n) is 7.93. The molecule has 2 amide bonds. The first-order chi connectivity index (χ1) is 11.5. The molecule has 0 spiro atoms. The molecule has 138 valence electrons. The first kappa shape index (κ1) is 20.0. The van der Waals surface area contributed by atoms with Crippen molar-refractivity contribution in [3.8, 4) is 0 Å². The van der Waals surface area contributed by atoms with Crippen LogP contribution < -0.4 is 0 Å². The monoisotopic (exact) mass is 434 g/mol. The second kappa shape index (κ2) is 7.50. The van der Waals surface area contributed by atoms with E-state index in [4.69, 9.17) is 16.3 Å². The van der Waals surface area contributed by atoms with Crippen LogP contribution >= 0.6 is 27.5 Å². The van der Waals surface area contributed by atoms with Gasteiger partial charge in [-0.3, -0.25) is 4.79 Å². The Hall–Kier alpha value is -1.34. The summed E-state index contributed by atoms with van der Waals surface area (Å²) in [7, 11) is 0. The van der Waals surface area contributed by atoms with Crippen molar-refractivity contribution in [2.24, 2.45) is 0 Å². The summed E-state index contributed by atoms with van der Waals surface area (Å²) >= 11 is 8.92. The highest BCUT2D eigenvalue weighted by molar-refractivity contribution is 9.10. The number of amides is 2. The number of carbonyl (C=O) groups excluding carboxylic acids is 2. The van der Waals surface area contributed by atoms with Gasteiger partial charge in [0, 0.05) is 35.7 Å².